The van der Waals surface area contributed by atoms with E-state index in [0.717, 1.165) is 12.8 Å². The van der Waals surface area contributed by atoms with Gasteiger partial charge in [-0.2, -0.15) is 0 Å². The summed E-state index contributed by atoms with van der Waals surface area (Å²) in [5.41, 5.74) is 0.269. The Labute approximate surface area is 112 Å². The van der Waals surface area contributed by atoms with E-state index in [2.05, 4.69) is 0 Å². The molecule has 0 aliphatic carbocycles. The fourth-order valence-corrected chi connectivity index (χ4v) is 1.31. The van der Waals surface area contributed by atoms with Crippen molar-refractivity contribution < 1.29 is 24.2 Å². The molecule has 0 radical (unpaired) electrons. The van der Waals surface area contributed by atoms with Gasteiger partial charge in [-0.1, -0.05) is 13.3 Å². The summed E-state index contributed by atoms with van der Waals surface area (Å²) in [6.45, 7) is 3.78. The molecule has 0 heterocycles. The van der Waals surface area contributed by atoms with Crippen LogP contribution in [0.3, 0.4) is 0 Å². The van der Waals surface area contributed by atoms with E-state index in [1.54, 1.807) is 0 Å². The zero-order valence-corrected chi connectivity index (χ0v) is 11.1. The zero-order chi connectivity index (χ0) is 14.3. The molecule has 0 saturated carbocycles. The Morgan fingerprint density at radius 1 is 1.26 bits per heavy atom. The summed E-state index contributed by atoms with van der Waals surface area (Å²) in [6, 6.07) is 5.60. The molecule has 5 nitrogen and oxygen atoms in total. The zero-order valence-electron chi connectivity index (χ0n) is 11.1. The van der Waals surface area contributed by atoms with Crippen molar-refractivity contribution in [1.29, 1.82) is 0 Å². The number of aromatic hydroxyl groups is 1. The number of unbranched alkanes of at least 4 members (excludes halogenated alkanes) is 1. The average molecular weight is 266 g/mol. The van der Waals surface area contributed by atoms with Crippen LogP contribution in [0.25, 0.3) is 0 Å². The molecule has 1 unspecified atom stereocenters. The van der Waals surface area contributed by atoms with Crippen molar-refractivity contribution in [2.45, 2.75) is 32.8 Å². The van der Waals surface area contributed by atoms with Crippen LogP contribution in [0.1, 0.15) is 37.0 Å². The first-order chi connectivity index (χ1) is 9.04. The summed E-state index contributed by atoms with van der Waals surface area (Å²) >= 11 is 0. The van der Waals surface area contributed by atoms with Gasteiger partial charge in [-0.05, 0) is 37.6 Å². The quantitative estimate of drug-likeness (QED) is 0.631. The summed E-state index contributed by atoms with van der Waals surface area (Å²) in [7, 11) is 0. The van der Waals surface area contributed by atoms with Crippen LogP contribution >= 0.6 is 0 Å². The van der Waals surface area contributed by atoms with E-state index in [1.807, 2.05) is 6.92 Å². The highest BCUT2D eigenvalue weighted by Crippen LogP contribution is 2.11. The number of esters is 2. The number of carbonyl (C=O) groups excluding carboxylic acids is 2. The highest BCUT2D eigenvalue weighted by molar-refractivity contribution is 5.91. The van der Waals surface area contributed by atoms with Gasteiger partial charge in [-0.3, -0.25) is 0 Å². The van der Waals surface area contributed by atoms with E-state index in [4.69, 9.17) is 14.6 Å². The topological polar surface area (TPSA) is 72.8 Å². The molecule has 1 aromatic carbocycles. The first-order valence-electron chi connectivity index (χ1n) is 6.21. The van der Waals surface area contributed by atoms with Gasteiger partial charge in [0.1, 0.15) is 5.75 Å². The molecule has 1 N–H and O–H groups in total. The van der Waals surface area contributed by atoms with Gasteiger partial charge >= 0.3 is 11.9 Å². The largest absolute Gasteiger partial charge is 0.508 e. The van der Waals surface area contributed by atoms with E-state index < -0.39 is 18.0 Å². The Morgan fingerprint density at radius 3 is 2.47 bits per heavy atom. The third-order valence-electron chi connectivity index (χ3n) is 2.46. The average Bonchev–Trinajstić information content (AvgIpc) is 2.39. The maximum Gasteiger partial charge on any atom is 0.347 e. The Balaban J connectivity index is 2.47. The predicted molar refractivity (Wildman–Crippen MR) is 68.9 cm³/mol. The summed E-state index contributed by atoms with van der Waals surface area (Å²) in [5, 5.41) is 9.10. The third-order valence-corrected chi connectivity index (χ3v) is 2.46. The molecule has 5 heteroatoms. The van der Waals surface area contributed by atoms with Gasteiger partial charge in [0.2, 0.25) is 0 Å². The van der Waals surface area contributed by atoms with Crippen LogP contribution in [0.4, 0.5) is 0 Å². The molecular formula is C14H18O5. The molecule has 0 saturated heterocycles. The van der Waals surface area contributed by atoms with Crippen molar-refractivity contribution in [1.82, 2.24) is 0 Å². The van der Waals surface area contributed by atoms with Crippen LogP contribution in [0.15, 0.2) is 24.3 Å². The number of phenolic OH excluding ortho intramolecular Hbond substituents is 1. The molecule has 0 aromatic heterocycles. The fraction of sp³-hybridized carbons (Fsp3) is 0.429. The summed E-state index contributed by atoms with van der Waals surface area (Å²) in [6.07, 6.45) is 0.762. The third kappa shape index (κ3) is 4.99. The highest BCUT2D eigenvalue weighted by atomic mass is 16.6. The molecule has 104 valence electrons. The minimum absolute atomic E-state index is 0.0589. The predicted octanol–water partition coefficient (Wildman–Crippen LogP) is 2.28. The summed E-state index contributed by atoms with van der Waals surface area (Å²) in [4.78, 5) is 23.2. The minimum atomic E-state index is -0.946. The monoisotopic (exact) mass is 266 g/mol. The minimum Gasteiger partial charge on any atom is -0.508 e. The van der Waals surface area contributed by atoms with Gasteiger partial charge in [0.15, 0.2) is 6.10 Å². The van der Waals surface area contributed by atoms with Crippen molar-refractivity contribution in [3.05, 3.63) is 29.8 Å². The van der Waals surface area contributed by atoms with Crippen molar-refractivity contribution in [2.24, 2.45) is 0 Å². The van der Waals surface area contributed by atoms with Crippen molar-refractivity contribution in [3.63, 3.8) is 0 Å². The number of carbonyl (C=O) groups is 2. The lowest BCUT2D eigenvalue weighted by molar-refractivity contribution is -0.153. The smallest absolute Gasteiger partial charge is 0.347 e. The molecule has 1 atom stereocenters. The second-order valence-electron chi connectivity index (χ2n) is 4.12. The lowest BCUT2D eigenvalue weighted by atomic mass is 10.2. The molecule has 0 aliphatic heterocycles. The van der Waals surface area contributed by atoms with Crippen molar-refractivity contribution in [2.75, 3.05) is 6.61 Å². The maximum absolute atomic E-state index is 11.7. The summed E-state index contributed by atoms with van der Waals surface area (Å²) in [5.74, 6) is -1.12. The Hall–Kier alpha value is -2.04. The van der Waals surface area contributed by atoms with Crippen LogP contribution in [0.2, 0.25) is 0 Å². The highest BCUT2D eigenvalue weighted by Gasteiger charge is 2.20. The number of phenols is 1. The lowest BCUT2D eigenvalue weighted by Crippen LogP contribution is -2.26. The van der Waals surface area contributed by atoms with E-state index in [9.17, 15) is 9.59 Å². The number of hydrogen-bond donors (Lipinski definition) is 1. The Morgan fingerprint density at radius 2 is 1.89 bits per heavy atom. The van der Waals surface area contributed by atoms with Crippen molar-refractivity contribution >= 4 is 11.9 Å². The van der Waals surface area contributed by atoms with Gasteiger partial charge in [-0.15, -0.1) is 0 Å². The normalized spacial score (nSPS) is 11.7. The molecule has 0 aliphatic rings. The van der Waals surface area contributed by atoms with E-state index in [-0.39, 0.29) is 11.3 Å². The van der Waals surface area contributed by atoms with E-state index >= 15 is 0 Å². The van der Waals surface area contributed by atoms with Crippen LogP contribution in [0.5, 0.6) is 5.75 Å². The van der Waals surface area contributed by atoms with Crippen molar-refractivity contribution in [3.8, 4) is 5.75 Å². The first kappa shape index (κ1) is 15.0. The van der Waals surface area contributed by atoms with E-state index in [0.29, 0.717) is 6.61 Å². The summed E-state index contributed by atoms with van der Waals surface area (Å²) < 4.78 is 9.92. The second-order valence-corrected chi connectivity index (χ2v) is 4.12. The van der Waals surface area contributed by atoms with Gasteiger partial charge in [0, 0.05) is 0 Å². The Bertz CT molecular complexity index is 424. The SMILES string of the molecule is CCCCOC(=O)C(C)OC(=O)c1ccc(O)cc1. The molecule has 0 fully saturated rings. The lowest BCUT2D eigenvalue weighted by Gasteiger charge is -2.12. The molecule has 0 spiro atoms. The number of benzene rings is 1. The number of ether oxygens (including phenoxy) is 2. The fourth-order valence-electron chi connectivity index (χ4n) is 1.31. The molecule has 19 heavy (non-hydrogen) atoms. The standard InChI is InChI=1S/C14H18O5/c1-3-4-9-18-13(16)10(2)19-14(17)11-5-7-12(15)8-6-11/h5-8,10,15H,3-4,9H2,1-2H3. The first-order valence-corrected chi connectivity index (χ1v) is 6.21. The molecular weight excluding hydrogens is 248 g/mol. The van der Waals surface area contributed by atoms with Gasteiger partial charge in [-0.25, -0.2) is 9.59 Å². The Kier molecular flexibility index (Phi) is 5.85. The van der Waals surface area contributed by atoms with Gasteiger partial charge in [0.25, 0.3) is 0 Å². The number of hydrogen-bond acceptors (Lipinski definition) is 5. The van der Waals surface area contributed by atoms with Crippen LogP contribution < -0.4 is 0 Å². The molecule has 1 aromatic rings. The van der Waals surface area contributed by atoms with Crippen LogP contribution in [-0.4, -0.2) is 29.8 Å². The van der Waals surface area contributed by atoms with E-state index in [1.165, 1.54) is 31.2 Å². The van der Waals surface area contributed by atoms with Crippen LogP contribution in [0, 0.1) is 0 Å². The van der Waals surface area contributed by atoms with Crippen LogP contribution in [-0.2, 0) is 14.3 Å². The maximum atomic E-state index is 11.7. The number of rotatable bonds is 6. The second kappa shape index (κ2) is 7.41. The molecule has 1 rings (SSSR count). The van der Waals surface area contributed by atoms with Gasteiger partial charge < -0.3 is 14.6 Å². The molecule has 0 amide bonds. The van der Waals surface area contributed by atoms with Gasteiger partial charge in [0.05, 0.1) is 12.2 Å². The molecule has 0 bridgehead atoms.